The van der Waals surface area contributed by atoms with Crippen molar-refractivity contribution in [3.63, 3.8) is 0 Å². The lowest BCUT2D eigenvalue weighted by Gasteiger charge is -2.24. The molecule has 1 aliphatic rings. The van der Waals surface area contributed by atoms with Gasteiger partial charge in [-0.15, -0.1) is 11.8 Å². The summed E-state index contributed by atoms with van der Waals surface area (Å²) in [6, 6.07) is 26.2. The van der Waals surface area contributed by atoms with Crippen LogP contribution >= 0.6 is 11.8 Å². The summed E-state index contributed by atoms with van der Waals surface area (Å²) in [5.74, 6) is 1.49. The zero-order valence-corrected chi connectivity index (χ0v) is 15.3. The molecule has 1 unspecified atom stereocenters. The van der Waals surface area contributed by atoms with Crippen LogP contribution in [0.1, 0.15) is 10.9 Å². The molecule has 27 heavy (non-hydrogen) atoms. The Kier molecular flexibility index (Phi) is 3.94. The Morgan fingerprint density at radius 1 is 0.926 bits per heavy atom. The van der Waals surface area contributed by atoms with Gasteiger partial charge in [0.1, 0.15) is 11.2 Å². The van der Waals surface area contributed by atoms with Crippen LogP contribution in [0.3, 0.4) is 0 Å². The number of aromatic nitrogens is 2. The molecule has 5 rings (SSSR count). The van der Waals surface area contributed by atoms with Crippen molar-refractivity contribution in [1.82, 2.24) is 9.97 Å². The van der Waals surface area contributed by atoms with Crippen LogP contribution in [0.4, 0.5) is 5.69 Å². The number of aromatic amines is 1. The van der Waals surface area contributed by atoms with Gasteiger partial charge in [0.05, 0.1) is 16.8 Å². The topological polar surface area (TPSA) is 49.0 Å². The molecular weight excluding hydrogens is 354 g/mol. The number of benzene rings is 3. The van der Waals surface area contributed by atoms with Gasteiger partial charge in [-0.05, 0) is 42.0 Å². The van der Waals surface area contributed by atoms with E-state index in [4.69, 9.17) is 0 Å². The number of para-hydroxylation sites is 2. The lowest BCUT2D eigenvalue weighted by molar-refractivity contribution is -0.115. The van der Waals surface area contributed by atoms with E-state index >= 15 is 0 Å². The molecule has 1 fully saturated rings. The minimum absolute atomic E-state index is 0.0238. The standard InChI is InChI=1S/C22H17N3OS/c26-20-14-27-22(16-6-2-1-3-7-16)25(20)17-12-10-15(11-13-17)21-23-18-8-4-5-9-19(18)24-21/h1-13,22H,14H2,(H,23,24). The highest BCUT2D eigenvalue weighted by molar-refractivity contribution is 8.00. The van der Waals surface area contributed by atoms with Crippen LogP contribution in [-0.2, 0) is 4.79 Å². The molecule has 1 atom stereocenters. The highest BCUT2D eigenvalue weighted by atomic mass is 32.2. The van der Waals surface area contributed by atoms with Crippen molar-refractivity contribution in [2.24, 2.45) is 0 Å². The average molecular weight is 371 g/mol. The lowest BCUT2D eigenvalue weighted by Crippen LogP contribution is -2.27. The molecule has 0 aliphatic carbocycles. The van der Waals surface area contributed by atoms with E-state index in [2.05, 4.69) is 22.1 Å². The van der Waals surface area contributed by atoms with Gasteiger partial charge >= 0.3 is 0 Å². The zero-order valence-electron chi connectivity index (χ0n) is 14.5. The molecule has 0 spiro atoms. The number of anilines is 1. The summed E-state index contributed by atoms with van der Waals surface area (Å²) in [4.78, 5) is 22.4. The lowest BCUT2D eigenvalue weighted by atomic mass is 10.1. The highest BCUT2D eigenvalue weighted by Crippen LogP contribution is 2.41. The second-order valence-electron chi connectivity index (χ2n) is 6.49. The summed E-state index contributed by atoms with van der Waals surface area (Å²) in [7, 11) is 0. The average Bonchev–Trinajstić information content (AvgIpc) is 3.32. The zero-order chi connectivity index (χ0) is 18.2. The van der Waals surface area contributed by atoms with E-state index in [0.717, 1.165) is 33.7 Å². The van der Waals surface area contributed by atoms with E-state index in [0.29, 0.717) is 5.75 Å². The minimum atomic E-state index is 0.0238. The highest BCUT2D eigenvalue weighted by Gasteiger charge is 2.33. The van der Waals surface area contributed by atoms with Gasteiger partial charge in [0, 0.05) is 11.3 Å². The van der Waals surface area contributed by atoms with Gasteiger partial charge in [-0.25, -0.2) is 4.98 Å². The van der Waals surface area contributed by atoms with Crippen LogP contribution in [-0.4, -0.2) is 21.6 Å². The number of H-pyrrole nitrogens is 1. The van der Waals surface area contributed by atoms with E-state index in [1.807, 2.05) is 71.6 Å². The maximum Gasteiger partial charge on any atom is 0.238 e. The number of fused-ring (bicyclic) bond motifs is 1. The van der Waals surface area contributed by atoms with Crippen LogP contribution in [0.5, 0.6) is 0 Å². The van der Waals surface area contributed by atoms with E-state index in [1.54, 1.807) is 11.8 Å². The molecule has 1 N–H and O–H groups in total. The van der Waals surface area contributed by atoms with Crippen molar-refractivity contribution in [3.05, 3.63) is 84.4 Å². The first-order valence-electron chi connectivity index (χ1n) is 8.83. The van der Waals surface area contributed by atoms with Crippen molar-refractivity contribution in [3.8, 4) is 11.4 Å². The first kappa shape index (κ1) is 16.1. The van der Waals surface area contributed by atoms with Gasteiger partial charge in [-0.2, -0.15) is 0 Å². The fourth-order valence-corrected chi connectivity index (χ4v) is 4.61. The SMILES string of the molecule is O=C1CSC(c2ccccc2)N1c1ccc(-c2nc3ccccc3[nH]2)cc1. The maximum atomic E-state index is 12.5. The first-order valence-corrected chi connectivity index (χ1v) is 9.88. The summed E-state index contributed by atoms with van der Waals surface area (Å²) in [5, 5.41) is 0.0238. The quantitative estimate of drug-likeness (QED) is 0.551. The minimum Gasteiger partial charge on any atom is -0.338 e. The molecule has 2 heterocycles. The van der Waals surface area contributed by atoms with Crippen molar-refractivity contribution >= 4 is 34.4 Å². The second kappa shape index (κ2) is 6.59. The molecule has 132 valence electrons. The van der Waals surface area contributed by atoms with Crippen molar-refractivity contribution in [1.29, 1.82) is 0 Å². The van der Waals surface area contributed by atoms with E-state index < -0.39 is 0 Å². The van der Waals surface area contributed by atoms with Gasteiger partial charge < -0.3 is 4.98 Å². The number of hydrogen-bond acceptors (Lipinski definition) is 3. The number of nitrogens with zero attached hydrogens (tertiary/aromatic N) is 2. The van der Waals surface area contributed by atoms with E-state index in [1.165, 1.54) is 0 Å². The summed E-state index contributed by atoms with van der Waals surface area (Å²) in [6.07, 6.45) is 0. The molecule has 1 amide bonds. The van der Waals surface area contributed by atoms with Gasteiger partial charge in [0.25, 0.3) is 0 Å². The normalized spacial score (nSPS) is 17.0. The molecule has 5 heteroatoms. The van der Waals surface area contributed by atoms with Crippen molar-refractivity contribution < 1.29 is 4.79 Å². The Morgan fingerprint density at radius 2 is 1.67 bits per heavy atom. The van der Waals surface area contributed by atoms with E-state index in [9.17, 15) is 4.79 Å². The van der Waals surface area contributed by atoms with Crippen molar-refractivity contribution in [2.45, 2.75) is 5.37 Å². The Balaban J connectivity index is 1.47. The number of thioether (sulfide) groups is 1. The van der Waals surface area contributed by atoms with Crippen LogP contribution in [0.25, 0.3) is 22.4 Å². The van der Waals surface area contributed by atoms with Gasteiger partial charge in [0.2, 0.25) is 5.91 Å². The largest absolute Gasteiger partial charge is 0.338 e. The molecule has 4 aromatic rings. The van der Waals surface area contributed by atoms with Crippen LogP contribution in [0.15, 0.2) is 78.9 Å². The molecule has 0 radical (unpaired) electrons. The number of imidazole rings is 1. The van der Waals surface area contributed by atoms with E-state index in [-0.39, 0.29) is 11.3 Å². The molecule has 3 aromatic carbocycles. The fraction of sp³-hybridized carbons (Fsp3) is 0.0909. The third-order valence-corrected chi connectivity index (χ3v) is 5.97. The summed E-state index contributed by atoms with van der Waals surface area (Å²) >= 11 is 1.67. The number of hydrogen-bond donors (Lipinski definition) is 1. The molecule has 1 aromatic heterocycles. The number of amides is 1. The Hall–Kier alpha value is -3.05. The molecule has 4 nitrogen and oxygen atoms in total. The number of nitrogens with one attached hydrogen (secondary N) is 1. The number of carbonyl (C=O) groups is 1. The Morgan fingerprint density at radius 3 is 2.44 bits per heavy atom. The molecule has 0 bridgehead atoms. The molecule has 0 saturated carbocycles. The smallest absolute Gasteiger partial charge is 0.238 e. The monoisotopic (exact) mass is 371 g/mol. The molecular formula is C22H17N3OS. The molecule has 1 aliphatic heterocycles. The van der Waals surface area contributed by atoms with Gasteiger partial charge in [0.15, 0.2) is 0 Å². The fourth-order valence-electron chi connectivity index (χ4n) is 3.44. The van der Waals surface area contributed by atoms with Crippen molar-refractivity contribution in [2.75, 3.05) is 10.7 Å². The van der Waals surface area contributed by atoms with Gasteiger partial charge in [-0.1, -0.05) is 42.5 Å². The van der Waals surface area contributed by atoms with Gasteiger partial charge in [-0.3, -0.25) is 9.69 Å². The third-order valence-electron chi connectivity index (χ3n) is 4.76. The summed E-state index contributed by atoms with van der Waals surface area (Å²) in [6.45, 7) is 0. The number of rotatable bonds is 3. The number of carbonyl (C=O) groups excluding carboxylic acids is 1. The Labute approximate surface area is 161 Å². The summed E-state index contributed by atoms with van der Waals surface area (Å²) in [5.41, 5.74) is 5.04. The Bertz CT molecular complexity index is 1070. The third kappa shape index (κ3) is 2.90. The first-order chi connectivity index (χ1) is 13.3. The molecule has 1 saturated heterocycles. The predicted molar refractivity (Wildman–Crippen MR) is 111 cm³/mol. The second-order valence-corrected chi connectivity index (χ2v) is 7.56. The predicted octanol–water partition coefficient (Wildman–Crippen LogP) is 5.01. The van der Waals surface area contributed by atoms with Crippen LogP contribution in [0, 0.1) is 0 Å². The maximum absolute atomic E-state index is 12.5. The summed E-state index contributed by atoms with van der Waals surface area (Å²) < 4.78 is 0. The van der Waals surface area contributed by atoms with Crippen LogP contribution in [0.2, 0.25) is 0 Å². The van der Waals surface area contributed by atoms with Crippen LogP contribution < -0.4 is 4.90 Å².